The van der Waals surface area contributed by atoms with Gasteiger partial charge in [-0.15, -0.1) is 4.73 Å². The van der Waals surface area contributed by atoms with Crippen molar-refractivity contribution in [1.82, 2.24) is 14.3 Å². The van der Waals surface area contributed by atoms with Crippen LogP contribution < -0.4 is 10.5 Å². The van der Waals surface area contributed by atoms with E-state index in [-0.39, 0.29) is 11.5 Å². The second-order valence-corrected chi connectivity index (χ2v) is 3.90. The largest absolute Gasteiger partial charge is 0.493 e. The third-order valence-corrected chi connectivity index (χ3v) is 2.69. The Morgan fingerprint density at radius 3 is 2.55 bits per heavy atom. The summed E-state index contributed by atoms with van der Waals surface area (Å²) in [5.74, 6) is -0.884. The van der Waals surface area contributed by atoms with Crippen molar-refractivity contribution >= 4 is 0 Å². The highest BCUT2D eigenvalue weighted by Gasteiger charge is 2.31. The first-order valence-corrected chi connectivity index (χ1v) is 5.38. The fourth-order valence-corrected chi connectivity index (χ4v) is 1.72. The van der Waals surface area contributed by atoms with E-state index in [0.29, 0.717) is 10.6 Å². The smallest absolute Gasteiger partial charge is 0.416 e. The average Bonchev–Trinajstić information content (AvgIpc) is 2.59. The molecule has 2 aromatic rings. The molecule has 0 aliphatic carbocycles. The molecule has 2 aromatic heterocycles. The van der Waals surface area contributed by atoms with Gasteiger partial charge in [0.25, 0.3) is 0 Å². The molecule has 20 heavy (non-hydrogen) atoms. The summed E-state index contributed by atoms with van der Waals surface area (Å²) in [4.78, 5) is 20.3. The molecule has 1 N–H and O–H groups in total. The van der Waals surface area contributed by atoms with Crippen LogP contribution in [0.3, 0.4) is 0 Å². The van der Waals surface area contributed by atoms with Crippen LogP contribution in [0.4, 0.5) is 13.2 Å². The van der Waals surface area contributed by atoms with Crippen molar-refractivity contribution in [2.45, 2.75) is 13.1 Å². The minimum absolute atomic E-state index is 0.0525. The molecule has 0 bridgehead atoms. The van der Waals surface area contributed by atoms with Gasteiger partial charge in [-0.05, 0) is 19.1 Å². The standard InChI is InChI=1S/C11H10F3N3O3/c1-6-9(18)16(10(19)17(6)20-2)8-5-7(3-4-15-8)11(12,13)14/h3-5,18H,1-2H3. The molecule has 2 heterocycles. The number of pyridine rings is 1. The fraction of sp³-hybridized carbons (Fsp3) is 0.273. The lowest BCUT2D eigenvalue weighted by Crippen LogP contribution is -2.28. The lowest BCUT2D eigenvalue weighted by molar-refractivity contribution is -0.137. The van der Waals surface area contributed by atoms with Gasteiger partial charge in [-0.3, -0.25) is 0 Å². The number of hydrogen-bond acceptors (Lipinski definition) is 4. The monoisotopic (exact) mass is 289 g/mol. The predicted octanol–water partition coefficient (Wildman–Crippen LogP) is 1.13. The number of aromatic nitrogens is 3. The molecule has 0 unspecified atom stereocenters. The van der Waals surface area contributed by atoms with Crippen molar-refractivity contribution in [3.05, 3.63) is 40.1 Å². The van der Waals surface area contributed by atoms with Crippen molar-refractivity contribution in [3.8, 4) is 11.7 Å². The van der Waals surface area contributed by atoms with E-state index in [4.69, 9.17) is 4.84 Å². The average molecular weight is 289 g/mol. The Kier molecular flexibility index (Phi) is 3.20. The molecular formula is C11H10F3N3O3. The highest BCUT2D eigenvalue weighted by atomic mass is 19.4. The van der Waals surface area contributed by atoms with Crippen LogP contribution >= 0.6 is 0 Å². The highest BCUT2D eigenvalue weighted by Crippen LogP contribution is 2.30. The van der Waals surface area contributed by atoms with E-state index in [0.717, 1.165) is 17.0 Å². The number of rotatable bonds is 2. The van der Waals surface area contributed by atoms with Crippen molar-refractivity contribution in [2.75, 3.05) is 7.11 Å². The van der Waals surface area contributed by atoms with E-state index < -0.39 is 23.3 Å². The van der Waals surface area contributed by atoms with Crippen LogP contribution in [0.2, 0.25) is 0 Å². The van der Waals surface area contributed by atoms with Gasteiger partial charge in [0.15, 0.2) is 0 Å². The van der Waals surface area contributed by atoms with Crippen LogP contribution in [0.5, 0.6) is 5.88 Å². The Balaban J connectivity index is 2.67. The molecule has 0 aromatic carbocycles. The van der Waals surface area contributed by atoms with Gasteiger partial charge in [-0.25, -0.2) is 14.3 Å². The van der Waals surface area contributed by atoms with E-state index in [2.05, 4.69) is 4.98 Å². The first kappa shape index (κ1) is 14.0. The van der Waals surface area contributed by atoms with Crippen LogP contribution in [0, 0.1) is 6.92 Å². The maximum atomic E-state index is 12.6. The van der Waals surface area contributed by atoms with Gasteiger partial charge in [0.05, 0.1) is 5.56 Å². The molecule has 0 radical (unpaired) electrons. The second-order valence-electron chi connectivity index (χ2n) is 3.90. The third-order valence-electron chi connectivity index (χ3n) is 2.69. The van der Waals surface area contributed by atoms with Gasteiger partial charge in [-0.1, -0.05) is 0 Å². The Morgan fingerprint density at radius 1 is 1.40 bits per heavy atom. The van der Waals surface area contributed by atoms with Crippen LogP contribution in [-0.2, 0) is 6.18 Å². The molecule has 108 valence electrons. The lowest BCUT2D eigenvalue weighted by atomic mass is 10.2. The number of alkyl halides is 3. The van der Waals surface area contributed by atoms with Gasteiger partial charge >= 0.3 is 11.9 Å². The first-order valence-electron chi connectivity index (χ1n) is 5.38. The minimum atomic E-state index is -4.57. The molecule has 0 saturated heterocycles. The maximum absolute atomic E-state index is 12.6. The third kappa shape index (κ3) is 2.10. The molecule has 6 nitrogen and oxygen atoms in total. The zero-order chi connectivity index (χ0) is 15.1. The molecule has 0 amide bonds. The van der Waals surface area contributed by atoms with E-state index in [9.17, 15) is 23.1 Å². The Morgan fingerprint density at radius 2 is 2.05 bits per heavy atom. The van der Waals surface area contributed by atoms with Crippen LogP contribution in [-0.4, -0.2) is 26.5 Å². The molecule has 0 saturated carbocycles. The molecule has 2 rings (SSSR count). The molecular weight excluding hydrogens is 279 g/mol. The van der Waals surface area contributed by atoms with E-state index in [1.165, 1.54) is 14.0 Å². The van der Waals surface area contributed by atoms with E-state index in [1.54, 1.807) is 0 Å². The summed E-state index contributed by atoms with van der Waals surface area (Å²) in [7, 11) is 1.19. The summed E-state index contributed by atoms with van der Waals surface area (Å²) in [6, 6.07) is 1.44. The van der Waals surface area contributed by atoms with Crippen LogP contribution in [0.1, 0.15) is 11.3 Å². The van der Waals surface area contributed by atoms with Crippen molar-refractivity contribution in [2.24, 2.45) is 0 Å². The number of aromatic hydroxyl groups is 1. The molecule has 0 spiro atoms. The quantitative estimate of drug-likeness (QED) is 0.899. The van der Waals surface area contributed by atoms with Gasteiger partial charge in [0, 0.05) is 6.20 Å². The Hall–Kier alpha value is -2.45. The SMILES string of the molecule is COn1c(C)c(O)n(-c2cc(C(F)(F)F)ccn2)c1=O. The van der Waals surface area contributed by atoms with E-state index in [1.807, 2.05) is 0 Å². The summed E-state index contributed by atoms with van der Waals surface area (Å²) >= 11 is 0. The van der Waals surface area contributed by atoms with Crippen molar-refractivity contribution < 1.29 is 23.1 Å². The zero-order valence-corrected chi connectivity index (χ0v) is 10.5. The van der Waals surface area contributed by atoms with Crippen molar-refractivity contribution in [3.63, 3.8) is 0 Å². The van der Waals surface area contributed by atoms with Gasteiger partial charge in [-0.2, -0.15) is 13.2 Å². The Labute approximate surface area is 110 Å². The van der Waals surface area contributed by atoms with Crippen LogP contribution in [0.15, 0.2) is 23.1 Å². The summed E-state index contributed by atoms with van der Waals surface area (Å²) < 4.78 is 39.3. The summed E-state index contributed by atoms with van der Waals surface area (Å²) in [5, 5.41) is 9.82. The Bertz CT molecular complexity index is 703. The van der Waals surface area contributed by atoms with Gasteiger partial charge < -0.3 is 9.94 Å². The molecule has 0 aliphatic heterocycles. The second kappa shape index (κ2) is 4.58. The molecule has 0 fully saturated rings. The normalized spacial score (nSPS) is 11.7. The molecule has 0 aliphatic rings. The topological polar surface area (TPSA) is 69.3 Å². The van der Waals surface area contributed by atoms with Gasteiger partial charge in [0.1, 0.15) is 18.6 Å². The van der Waals surface area contributed by atoms with Crippen molar-refractivity contribution in [1.29, 1.82) is 0 Å². The van der Waals surface area contributed by atoms with E-state index >= 15 is 0 Å². The predicted molar refractivity (Wildman–Crippen MR) is 61.7 cm³/mol. The fourth-order valence-electron chi connectivity index (χ4n) is 1.72. The summed E-state index contributed by atoms with van der Waals surface area (Å²) in [5.41, 5.74) is -1.78. The number of imidazole rings is 1. The molecule has 0 atom stereocenters. The maximum Gasteiger partial charge on any atom is 0.416 e. The summed E-state index contributed by atoms with van der Waals surface area (Å²) in [6.07, 6.45) is -3.67. The van der Waals surface area contributed by atoms with Crippen LogP contribution in [0.25, 0.3) is 5.82 Å². The summed E-state index contributed by atoms with van der Waals surface area (Å²) in [6.45, 7) is 1.38. The minimum Gasteiger partial charge on any atom is -0.493 e. The molecule has 9 heteroatoms. The first-order chi connectivity index (χ1) is 9.27. The number of hydrogen-bond donors (Lipinski definition) is 1. The highest BCUT2D eigenvalue weighted by molar-refractivity contribution is 5.35. The number of halogens is 3. The number of nitrogens with zero attached hydrogens (tertiary/aromatic N) is 3. The van der Waals surface area contributed by atoms with Gasteiger partial charge in [0.2, 0.25) is 5.88 Å². The lowest BCUT2D eigenvalue weighted by Gasteiger charge is -2.08. The zero-order valence-electron chi connectivity index (χ0n) is 10.5.